The van der Waals surface area contributed by atoms with Crippen molar-refractivity contribution in [2.75, 3.05) is 17.3 Å². The van der Waals surface area contributed by atoms with Crippen LogP contribution in [0.4, 0.5) is 11.9 Å². The third-order valence-electron chi connectivity index (χ3n) is 2.15. The molecule has 0 atom stereocenters. The Morgan fingerprint density at radius 1 is 1.20 bits per heavy atom. The lowest BCUT2D eigenvalue weighted by Crippen LogP contribution is -2.14. The molecule has 0 unspecified atom stereocenters. The Morgan fingerprint density at radius 2 is 2.00 bits per heavy atom. The highest BCUT2D eigenvalue weighted by Gasteiger charge is 2.08. The summed E-state index contributed by atoms with van der Waals surface area (Å²) in [5.41, 5.74) is 2.35. The Balaban J connectivity index is 2.05. The highest BCUT2D eigenvalue weighted by Crippen LogP contribution is 2.11. The minimum absolute atomic E-state index is 0.194. The zero-order valence-corrected chi connectivity index (χ0v) is 11.3. The molecule has 10 heteroatoms. The second-order valence-corrected chi connectivity index (χ2v) is 3.85. The summed E-state index contributed by atoms with van der Waals surface area (Å²) in [5.74, 6) is 6.80. The van der Waals surface area contributed by atoms with Gasteiger partial charge in [-0.2, -0.15) is 19.9 Å². The topological polar surface area (TPSA) is 137 Å². The van der Waals surface area contributed by atoms with E-state index in [0.717, 1.165) is 6.42 Å². The Labute approximate surface area is 115 Å². The van der Waals surface area contributed by atoms with E-state index < -0.39 is 0 Å². The maximum absolute atomic E-state index is 5.35. The number of rotatable bonds is 7. The van der Waals surface area contributed by atoms with Crippen LogP contribution in [0.15, 0.2) is 4.52 Å². The summed E-state index contributed by atoms with van der Waals surface area (Å²) in [5, 5.41) is 6.62. The van der Waals surface area contributed by atoms with Gasteiger partial charge >= 0.3 is 6.01 Å². The zero-order valence-electron chi connectivity index (χ0n) is 11.3. The normalized spacial score (nSPS) is 10.3. The smallest absolute Gasteiger partial charge is 0.323 e. The molecule has 0 aliphatic rings. The predicted molar refractivity (Wildman–Crippen MR) is 69.8 cm³/mol. The third kappa shape index (κ3) is 3.75. The van der Waals surface area contributed by atoms with Gasteiger partial charge in [0, 0.05) is 0 Å². The molecule has 2 rings (SSSR count). The summed E-state index contributed by atoms with van der Waals surface area (Å²) in [7, 11) is 0. The number of nitrogens with one attached hydrogen (secondary N) is 2. The first-order valence-electron chi connectivity index (χ1n) is 6.09. The first kappa shape index (κ1) is 13.9. The molecule has 0 aliphatic heterocycles. The molecule has 2 heterocycles. The third-order valence-corrected chi connectivity index (χ3v) is 2.15. The van der Waals surface area contributed by atoms with Crippen molar-refractivity contribution in [3.63, 3.8) is 0 Å². The van der Waals surface area contributed by atoms with Crippen molar-refractivity contribution >= 4 is 11.9 Å². The fraction of sp³-hybridized carbons (Fsp3) is 0.500. The molecule has 0 fully saturated rings. The SMILES string of the molecule is CCCOc1nc(NN)nc(NCc2nc(C)no2)n1. The van der Waals surface area contributed by atoms with Crippen LogP contribution in [0.5, 0.6) is 6.01 Å². The molecular formula is C10H16N8O2. The first-order chi connectivity index (χ1) is 9.71. The van der Waals surface area contributed by atoms with Crippen LogP contribution in [0.25, 0.3) is 0 Å². The summed E-state index contributed by atoms with van der Waals surface area (Å²) in [6.45, 7) is 4.53. The van der Waals surface area contributed by atoms with Crippen molar-refractivity contribution in [3.05, 3.63) is 11.7 Å². The fourth-order valence-corrected chi connectivity index (χ4v) is 1.32. The standard InChI is InChI=1S/C10H16N8O2/c1-3-4-19-10-15-8(14-9(16-10)17-11)12-5-7-13-6(2)18-20-7/h3-5,11H2,1-2H3,(H2,12,14,15,16,17). The van der Waals surface area contributed by atoms with E-state index in [1.54, 1.807) is 6.92 Å². The zero-order chi connectivity index (χ0) is 14.4. The largest absolute Gasteiger partial charge is 0.463 e. The number of ether oxygens (including phenoxy) is 1. The van der Waals surface area contributed by atoms with Gasteiger partial charge in [-0.15, -0.1) is 0 Å². The van der Waals surface area contributed by atoms with Gasteiger partial charge in [-0.05, 0) is 13.3 Å². The minimum Gasteiger partial charge on any atom is -0.463 e. The number of nitrogens with zero attached hydrogens (tertiary/aromatic N) is 5. The summed E-state index contributed by atoms with van der Waals surface area (Å²) in [6.07, 6.45) is 0.848. The van der Waals surface area contributed by atoms with Crippen LogP contribution in [0, 0.1) is 6.92 Å². The van der Waals surface area contributed by atoms with E-state index in [-0.39, 0.29) is 12.0 Å². The van der Waals surface area contributed by atoms with Crippen molar-refractivity contribution in [3.8, 4) is 6.01 Å². The lowest BCUT2D eigenvalue weighted by atomic mass is 10.5. The molecule has 0 amide bonds. The van der Waals surface area contributed by atoms with E-state index in [1.807, 2.05) is 6.92 Å². The van der Waals surface area contributed by atoms with Crippen LogP contribution in [0.3, 0.4) is 0 Å². The van der Waals surface area contributed by atoms with Crippen LogP contribution in [0.1, 0.15) is 25.1 Å². The Bertz CT molecular complexity index is 558. The van der Waals surface area contributed by atoms with Gasteiger partial charge in [-0.25, -0.2) is 5.84 Å². The molecule has 20 heavy (non-hydrogen) atoms. The van der Waals surface area contributed by atoms with E-state index in [9.17, 15) is 0 Å². The summed E-state index contributed by atoms with van der Waals surface area (Å²) in [6, 6.07) is 0.194. The maximum Gasteiger partial charge on any atom is 0.323 e. The van der Waals surface area contributed by atoms with E-state index in [4.69, 9.17) is 15.1 Å². The number of nitrogen functional groups attached to an aromatic ring is 1. The van der Waals surface area contributed by atoms with Crippen LogP contribution in [-0.2, 0) is 6.54 Å². The van der Waals surface area contributed by atoms with Crippen LogP contribution in [0.2, 0.25) is 0 Å². The number of hydrazine groups is 1. The number of aryl methyl sites for hydroxylation is 1. The maximum atomic E-state index is 5.35. The van der Waals surface area contributed by atoms with Crippen molar-refractivity contribution in [2.24, 2.45) is 5.84 Å². The molecule has 4 N–H and O–H groups in total. The van der Waals surface area contributed by atoms with Gasteiger partial charge in [0.2, 0.25) is 17.8 Å². The van der Waals surface area contributed by atoms with E-state index >= 15 is 0 Å². The Morgan fingerprint density at radius 3 is 2.65 bits per heavy atom. The quantitative estimate of drug-likeness (QED) is 0.478. The summed E-state index contributed by atoms with van der Waals surface area (Å²) < 4.78 is 10.3. The van der Waals surface area contributed by atoms with Crippen LogP contribution < -0.4 is 21.3 Å². The first-order valence-corrected chi connectivity index (χ1v) is 6.09. The molecule has 0 saturated carbocycles. The fourth-order valence-electron chi connectivity index (χ4n) is 1.32. The Kier molecular flexibility index (Phi) is 4.60. The highest BCUT2D eigenvalue weighted by molar-refractivity contribution is 5.34. The van der Waals surface area contributed by atoms with Gasteiger partial charge in [0.15, 0.2) is 5.82 Å². The number of hydrogen-bond acceptors (Lipinski definition) is 10. The average Bonchev–Trinajstić information content (AvgIpc) is 2.88. The van der Waals surface area contributed by atoms with Gasteiger partial charge in [0.05, 0.1) is 13.2 Å². The molecule has 0 aromatic carbocycles. The molecule has 0 saturated heterocycles. The minimum atomic E-state index is 0.194. The van der Waals surface area contributed by atoms with Crippen LogP contribution in [-0.4, -0.2) is 31.7 Å². The van der Waals surface area contributed by atoms with Gasteiger partial charge < -0.3 is 14.6 Å². The average molecular weight is 280 g/mol. The molecule has 2 aromatic rings. The molecule has 0 bridgehead atoms. The molecule has 10 nitrogen and oxygen atoms in total. The van der Waals surface area contributed by atoms with Gasteiger partial charge in [-0.1, -0.05) is 12.1 Å². The lowest BCUT2D eigenvalue weighted by Gasteiger charge is -2.07. The summed E-state index contributed by atoms with van der Waals surface area (Å²) >= 11 is 0. The lowest BCUT2D eigenvalue weighted by molar-refractivity contribution is 0.292. The number of nitrogens with two attached hydrogens (primary N) is 1. The van der Waals surface area contributed by atoms with Crippen molar-refractivity contribution in [2.45, 2.75) is 26.8 Å². The number of hydrogen-bond donors (Lipinski definition) is 3. The van der Waals surface area contributed by atoms with Crippen LogP contribution >= 0.6 is 0 Å². The summed E-state index contributed by atoms with van der Waals surface area (Å²) in [4.78, 5) is 16.2. The van der Waals surface area contributed by atoms with Crippen molar-refractivity contribution in [1.82, 2.24) is 25.1 Å². The van der Waals surface area contributed by atoms with E-state index in [2.05, 4.69) is 35.8 Å². The van der Waals surface area contributed by atoms with Crippen molar-refractivity contribution < 1.29 is 9.26 Å². The second kappa shape index (κ2) is 6.61. The second-order valence-electron chi connectivity index (χ2n) is 3.85. The monoisotopic (exact) mass is 280 g/mol. The van der Waals surface area contributed by atoms with Gasteiger partial charge in [-0.3, -0.25) is 5.43 Å². The molecular weight excluding hydrogens is 264 g/mol. The Hall–Kier alpha value is -2.49. The van der Waals surface area contributed by atoms with E-state index in [0.29, 0.717) is 30.8 Å². The number of anilines is 2. The van der Waals surface area contributed by atoms with Crippen molar-refractivity contribution in [1.29, 1.82) is 0 Å². The molecule has 0 radical (unpaired) electrons. The molecule has 2 aromatic heterocycles. The number of aromatic nitrogens is 5. The highest BCUT2D eigenvalue weighted by atomic mass is 16.5. The van der Waals surface area contributed by atoms with E-state index in [1.165, 1.54) is 0 Å². The molecule has 0 spiro atoms. The molecule has 0 aliphatic carbocycles. The predicted octanol–water partition coefficient (Wildman–Crippen LogP) is 0.250. The molecule has 108 valence electrons. The van der Waals surface area contributed by atoms with Gasteiger partial charge in [0.25, 0.3) is 0 Å². The van der Waals surface area contributed by atoms with Gasteiger partial charge in [0.1, 0.15) is 0 Å².